The second-order valence-corrected chi connectivity index (χ2v) is 6.19. The van der Waals surface area contributed by atoms with Crippen molar-refractivity contribution in [3.63, 3.8) is 0 Å². The summed E-state index contributed by atoms with van der Waals surface area (Å²) in [5.41, 5.74) is 1.69. The van der Waals surface area contributed by atoms with Crippen LogP contribution in [0.2, 0.25) is 5.02 Å². The van der Waals surface area contributed by atoms with Gasteiger partial charge in [0.1, 0.15) is 6.61 Å². The predicted molar refractivity (Wildman–Crippen MR) is 107 cm³/mol. The smallest absolute Gasteiger partial charge is 0.161 e. The molecule has 24 heavy (non-hydrogen) atoms. The topological polar surface area (TPSA) is 27.7 Å². The van der Waals surface area contributed by atoms with Crippen molar-refractivity contribution in [3.8, 4) is 11.5 Å². The monoisotopic (exact) mass is 382 g/mol. The lowest BCUT2D eigenvalue weighted by atomic mass is 10.1. The third kappa shape index (κ3) is 4.63. The van der Waals surface area contributed by atoms with E-state index in [0.717, 1.165) is 11.1 Å². The first kappa shape index (κ1) is 19.1. The molecule has 0 unspecified atom stereocenters. The van der Waals surface area contributed by atoms with Gasteiger partial charge >= 0.3 is 0 Å². The summed E-state index contributed by atoms with van der Waals surface area (Å²) >= 11 is 15.4. The summed E-state index contributed by atoms with van der Waals surface area (Å²) in [4.78, 5) is 1.40. The van der Waals surface area contributed by atoms with Gasteiger partial charge in [-0.15, -0.1) is 25.3 Å². The molecule has 0 heterocycles. The number of rotatable bonds is 7. The second-order valence-electron chi connectivity index (χ2n) is 4.88. The van der Waals surface area contributed by atoms with Crippen LogP contribution in [0.4, 0.5) is 0 Å². The zero-order chi connectivity index (χ0) is 17.5. The van der Waals surface area contributed by atoms with Crippen LogP contribution in [0.1, 0.15) is 11.1 Å². The van der Waals surface area contributed by atoms with E-state index in [-0.39, 0.29) is 0 Å². The molecule has 0 aliphatic rings. The Hall–Kier alpha value is -1.27. The van der Waals surface area contributed by atoms with Crippen LogP contribution >= 0.6 is 36.9 Å². The van der Waals surface area contributed by atoms with Gasteiger partial charge in [-0.25, -0.2) is 0 Å². The van der Waals surface area contributed by atoms with E-state index < -0.39 is 0 Å². The Morgan fingerprint density at radius 3 is 2.38 bits per heavy atom. The maximum Gasteiger partial charge on any atom is 0.161 e. The largest absolute Gasteiger partial charge is 0.493 e. The summed E-state index contributed by atoms with van der Waals surface area (Å²) in [6.07, 6.45) is 0. The SMILES string of the molecule is COCCOc1ccc(C(S)=C(S)c2ccccc2Cl)cc1OC. The van der Waals surface area contributed by atoms with Gasteiger partial charge in [0.25, 0.3) is 0 Å². The number of halogens is 1. The number of hydrogen-bond acceptors (Lipinski definition) is 5. The second kappa shape index (κ2) is 9.28. The summed E-state index contributed by atoms with van der Waals surface area (Å²) in [7, 11) is 3.23. The molecule has 128 valence electrons. The minimum absolute atomic E-state index is 0.452. The van der Waals surface area contributed by atoms with Crippen molar-refractivity contribution in [2.24, 2.45) is 0 Å². The zero-order valence-electron chi connectivity index (χ0n) is 13.5. The van der Waals surface area contributed by atoms with Gasteiger partial charge in [-0.1, -0.05) is 29.8 Å². The lowest BCUT2D eigenvalue weighted by Gasteiger charge is -2.13. The number of thiol groups is 2. The van der Waals surface area contributed by atoms with Gasteiger partial charge in [-0.3, -0.25) is 0 Å². The summed E-state index contributed by atoms with van der Waals surface area (Å²) < 4.78 is 16.0. The van der Waals surface area contributed by atoms with Crippen molar-refractivity contribution in [2.75, 3.05) is 27.4 Å². The first-order chi connectivity index (χ1) is 11.6. The highest BCUT2D eigenvalue weighted by molar-refractivity contribution is 7.96. The van der Waals surface area contributed by atoms with Gasteiger partial charge in [0.05, 0.1) is 13.7 Å². The van der Waals surface area contributed by atoms with E-state index in [2.05, 4.69) is 25.3 Å². The Morgan fingerprint density at radius 2 is 1.71 bits per heavy atom. The van der Waals surface area contributed by atoms with Gasteiger partial charge in [0.2, 0.25) is 0 Å². The summed E-state index contributed by atoms with van der Waals surface area (Å²) in [6.45, 7) is 0.961. The van der Waals surface area contributed by atoms with Crippen LogP contribution in [-0.4, -0.2) is 27.4 Å². The summed E-state index contributed by atoms with van der Waals surface area (Å²) in [5, 5.41) is 0.625. The van der Waals surface area contributed by atoms with Crippen LogP contribution in [0.3, 0.4) is 0 Å². The molecular weight excluding hydrogens is 364 g/mol. The minimum Gasteiger partial charge on any atom is -0.493 e. The first-order valence-corrected chi connectivity index (χ1v) is 8.53. The van der Waals surface area contributed by atoms with E-state index in [1.807, 2.05) is 42.5 Å². The van der Waals surface area contributed by atoms with E-state index in [0.29, 0.717) is 39.5 Å². The third-order valence-electron chi connectivity index (χ3n) is 3.34. The fraction of sp³-hybridized carbons (Fsp3) is 0.222. The molecule has 2 aromatic carbocycles. The number of benzene rings is 2. The average Bonchev–Trinajstić information content (AvgIpc) is 2.61. The molecule has 0 spiro atoms. The molecular formula is C18H19ClO3S2. The van der Waals surface area contributed by atoms with E-state index in [1.54, 1.807) is 14.2 Å². The number of hydrogen-bond donors (Lipinski definition) is 2. The molecule has 2 aromatic rings. The molecule has 0 fully saturated rings. The Labute approximate surface area is 158 Å². The van der Waals surface area contributed by atoms with Gasteiger partial charge < -0.3 is 14.2 Å². The quantitative estimate of drug-likeness (QED) is 0.398. The minimum atomic E-state index is 0.452. The molecule has 0 atom stereocenters. The van der Waals surface area contributed by atoms with Crippen molar-refractivity contribution in [2.45, 2.75) is 0 Å². The summed E-state index contributed by atoms with van der Waals surface area (Å²) in [6, 6.07) is 13.1. The van der Waals surface area contributed by atoms with Crippen LogP contribution < -0.4 is 9.47 Å². The molecule has 0 amide bonds. The fourth-order valence-corrected chi connectivity index (χ4v) is 2.97. The Morgan fingerprint density at radius 1 is 0.958 bits per heavy atom. The average molecular weight is 383 g/mol. The van der Waals surface area contributed by atoms with Crippen molar-refractivity contribution in [3.05, 3.63) is 58.6 Å². The van der Waals surface area contributed by atoms with Crippen molar-refractivity contribution >= 4 is 46.7 Å². The summed E-state index contributed by atoms with van der Waals surface area (Å²) in [5.74, 6) is 1.27. The molecule has 0 aliphatic heterocycles. The standard InChI is InChI=1S/C18H19ClO3S2/c1-20-9-10-22-15-8-7-12(11-16(15)21-2)17(23)18(24)13-5-3-4-6-14(13)19/h3-8,11,23-24H,9-10H2,1-2H3. The third-order valence-corrected chi connectivity index (χ3v) is 4.79. The van der Waals surface area contributed by atoms with Gasteiger partial charge in [0.15, 0.2) is 11.5 Å². The van der Waals surface area contributed by atoms with E-state index >= 15 is 0 Å². The Kier molecular flexibility index (Phi) is 7.37. The highest BCUT2D eigenvalue weighted by Crippen LogP contribution is 2.38. The maximum atomic E-state index is 6.23. The maximum absolute atomic E-state index is 6.23. The predicted octanol–water partition coefficient (Wildman–Crippen LogP) is 5.06. The van der Waals surface area contributed by atoms with Crippen molar-refractivity contribution < 1.29 is 14.2 Å². The number of ether oxygens (including phenoxy) is 3. The molecule has 0 saturated carbocycles. The van der Waals surface area contributed by atoms with E-state index in [1.165, 1.54) is 0 Å². The highest BCUT2D eigenvalue weighted by atomic mass is 35.5. The lowest BCUT2D eigenvalue weighted by Crippen LogP contribution is -2.05. The van der Waals surface area contributed by atoms with E-state index in [9.17, 15) is 0 Å². The molecule has 0 bridgehead atoms. The van der Waals surface area contributed by atoms with Crippen molar-refractivity contribution in [1.29, 1.82) is 0 Å². The molecule has 3 nitrogen and oxygen atoms in total. The zero-order valence-corrected chi connectivity index (χ0v) is 16.0. The Bertz CT molecular complexity index is 732. The first-order valence-electron chi connectivity index (χ1n) is 7.25. The van der Waals surface area contributed by atoms with Gasteiger partial charge in [-0.05, 0) is 29.8 Å². The van der Waals surface area contributed by atoms with Crippen LogP contribution in [0.5, 0.6) is 11.5 Å². The lowest BCUT2D eigenvalue weighted by molar-refractivity contribution is 0.144. The van der Waals surface area contributed by atoms with Crippen LogP contribution in [0, 0.1) is 0 Å². The molecule has 2 rings (SSSR count). The van der Waals surface area contributed by atoms with Crippen LogP contribution in [0.15, 0.2) is 42.5 Å². The van der Waals surface area contributed by atoms with Gasteiger partial charge in [-0.2, -0.15) is 0 Å². The van der Waals surface area contributed by atoms with Gasteiger partial charge in [0, 0.05) is 27.5 Å². The molecule has 0 aliphatic carbocycles. The normalized spacial score (nSPS) is 11.9. The highest BCUT2D eigenvalue weighted by Gasteiger charge is 2.12. The number of methoxy groups -OCH3 is 2. The molecule has 0 aromatic heterocycles. The molecule has 0 N–H and O–H groups in total. The molecule has 0 saturated heterocycles. The fourth-order valence-electron chi connectivity index (χ4n) is 2.09. The Balaban J connectivity index is 2.34. The van der Waals surface area contributed by atoms with E-state index in [4.69, 9.17) is 25.8 Å². The van der Waals surface area contributed by atoms with Crippen molar-refractivity contribution in [1.82, 2.24) is 0 Å². The molecule has 0 radical (unpaired) electrons. The van der Waals surface area contributed by atoms with Crippen LogP contribution in [0.25, 0.3) is 9.81 Å². The molecule has 6 heteroatoms. The van der Waals surface area contributed by atoms with Crippen LogP contribution in [-0.2, 0) is 4.74 Å².